The number of carboxylic acid groups (broad SMARTS) is 1. The van der Waals surface area contributed by atoms with Crippen LogP contribution in [0.3, 0.4) is 0 Å². The van der Waals surface area contributed by atoms with Gasteiger partial charge in [-0.3, -0.25) is 9.78 Å². The molecule has 0 aliphatic heterocycles. The van der Waals surface area contributed by atoms with E-state index in [0.29, 0.717) is 6.54 Å². The number of pyridine rings is 1. The molecule has 110 valence electrons. The van der Waals surface area contributed by atoms with Gasteiger partial charge in [-0.1, -0.05) is 6.07 Å². The molecule has 1 N–H and O–H groups in total. The van der Waals surface area contributed by atoms with E-state index < -0.39 is 5.97 Å². The molecule has 0 radical (unpaired) electrons. The zero-order valence-electron chi connectivity index (χ0n) is 11.7. The Bertz CT molecular complexity index is 439. The van der Waals surface area contributed by atoms with Crippen LogP contribution < -0.4 is 0 Å². The molecule has 0 spiro atoms. The Morgan fingerprint density at radius 1 is 1.40 bits per heavy atom. The summed E-state index contributed by atoms with van der Waals surface area (Å²) < 4.78 is 4.88. The lowest BCUT2D eigenvalue weighted by Crippen LogP contribution is -2.44. The molecule has 1 aromatic heterocycles. The van der Waals surface area contributed by atoms with Crippen LogP contribution in [0.2, 0.25) is 0 Å². The van der Waals surface area contributed by atoms with Gasteiger partial charge in [-0.2, -0.15) is 0 Å². The van der Waals surface area contributed by atoms with E-state index >= 15 is 0 Å². The van der Waals surface area contributed by atoms with Crippen molar-refractivity contribution in [1.82, 2.24) is 14.8 Å². The van der Waals surface area contributed by atoms with Crippen LogP contribution in [0.4, 0.5) is 4.79 Å². The third kappa shape index (κ3) is 5.23. The summed E-state index contributed by atoms with van der Waals surface area (Å²) in [6, 6.07) is 5.07. The van der Waals surface area contributed by atoms with Crippen molar-refractivity contribution < 1.29 is 19.4 Å². The number of carbonyl (C=O) groups is 2. The minimum absolute atomic E-state index is 0.230. The number of amides is 2. The Kier molecular flexibility index (Phi) is 6.45. The number of rotatable bonds is 7. The number of urea groups is 1. The second-order valence-corrected chi connectivity index (χ2v) is 4.27. The Morgan fingerprint density at radius 3 is 2.70 bits per heavy atom. The minimum atomic E-state index is -1.05. The number of aromatic nitrogens is 1. The van der Waals surface area contributed by atoms with E-state index in [1.807, 2.05) is 6.07 Å². The van der Waals surface area contributed by atoms with Gasteiger partial charge in [-0.25, -0.2) is 4.79 Å². The van der Waals surface area contributed by atoms with Crippen LogP contribution in [0.5, 0.6) is 0 Å². The van der Waals surface area contributed by atoms with Crippen LogP contribution in [0.15, 0.2) is 24.4 Å². The number of nitrogens with zero attached hydrogens (tertiary/aromatic N) is 3. The SMILES string of the molecule is COCCN(CC(=O)O)C(=O)N(C)Cc1ccccn1. The van der Waals surface area contributed by atoms with E-state index in [2.05, 4.69) is 4.98 Å². The molecular formula is C13H19N3O4. The predicted octanol–water partition coefficient (Wildman–Crippen LogP) is 0.666. The third-order valence-corrected chi connectivity index (χ3v) is 2.61. The number of hydrogen-bond donors (Lipinski definition) is 1. The predicted molar refractivity (Wildman–Crippen MR) is 72.2 cm³/mol. The van der Waals surface area contributed by atoms with E-state index in [1.54, 1.807) is 25.4 Å². The second-order valence-electron chi connectivity index (χ2n) is 4.27. The maximum Gasteiger partial charge on any atom is 0.323 e. The van der Waals surface area contributed by atoms with Crippen molar-refractivity contribution in [2.75, 3.05) is 33.9 Å². The summed E-state index contributed by atoms with van der Waals surface area (Å²) in [7, 11) is 3.11. The normalized spacial score (nSPS) is 10.1. The average Bonchev–Trinajstić information content (AvgIpc) is 2.43. The molecule has 1 rings (SSSR count). The van der Waals surface area contributed by atoms with E-state index in [-0.39, 0.29) is 25.7 Å². The lowest BCUT2D eigenvalue weighted by Gasteiger charge is -2.26. The molecule has 0 saturated heterocycles. The lowest BCUT2D eigenvalue weighted by atomic mass is 10.3. The molecule has 0 bridgehead atoms. The Morgan fingerprint density at radius 2 is 2.15 bits per heavy atom. The molecular weight excluding hydrogens is 262 g/mol. The monoisotopic (exact) mass is 281 g/mol. The van der Waals surface area contributed by atoms with Crippen molar-refractivity contribution in [3.63, 3.8) is 0 Å². The van der Waals surface area contributed by atoms with Crippen LogP contribution in [0.25, 0.3) is 0 Å². The highest BCUT2D eigenvalue weighted by atomic mass is 16.5. The molecule has 7 nitrogen and oxygen atoms in total. The Hall–Kier alpha value is -2.15. The number of ether oxygens (including phenoxy) is 1. The van der Waals surface area contributed by atoms with Gasteiger partial charge in [0, 0.05) is 26.9 Å². The first-order valence-electron chi connectivity index (χ1n) is 6.15. The molecule has 0 aliphatic rings. The summed E-state index contributed by atoms with van der Waals surface area (Å²) in [6.45, 7) is 0.488. The standard InChI is InChI=1S/C13H19N3O4/c1-15(9-11-5-3-4-6-14-11)13(19)16(7-8-20-2)10-12(17)18/h3-6H,7-10H2,1-2H3,(H,17,18). The molecule has 7 heteroatoms. The number of carboxylic acids is 1. The highest BCUT2D eigenvalue weighted by Crippen LogP contribution is 2.03. The van der Waals surface area contributed by atoms with Gasteiger partial charge in [0.1, 0.15) is 6.54 Å². The fraction of sp³-hybridized carbons (Fsp3) is 0.462. The highest BCUT2D eigenvalue weighted by Gasteiger charge is 2.20. The van der Waals surface area contributed by atoms with Crippen LogP contribution in [0, 0.1) is 0 Å². The molecule has 1 heterocycles. The first-order valence-corrected chi connectivity index (χ1v) is 6.15. The molecule has 1 aromatic rings. The van der Waals surface area contributed by atoms with Crippen molar-refractivity contribution in [2.45, 2.75) is 6.54 Å². The van der Waals surface area contributed by atoms with Crippen molar-refractivity contribution >= 4 is 12.0 Å². The third-order valence-electron chi connectivity index (χ3n) is 2.61. The lowest BCUT2D eigenvalue weighted by molar-refractivity contribution is -0.137. The van der Waals surface area contributed by atoms with Crippen LogP contribution >= 0.6 is 0 Å². The van der Waals surface area contributed by atoms with Gasteiger partial charge in [-0.15, -0.1) is 0 Å². The van der Waals surface area contributed by atoms with Crippen molar-refractivity contribution in [2.24, 2.45) is 0 Å². The molecule has 0 atom stereocenters. The number of methoxy groups -OCH3 is 1. The first-order chi connectivity index (χ1) is 9.54. The Balaban J connectivity index is 2.64. The summed E-state index contributed by atoms with van der Waals surface area (Å²) in [6.07, 6.45) is 1.65. The van der Waals surface area contributed by atoms with Crippen molar-refractivity contribution in [3.8, 4) is 0 Å². The minimum Gasteiger partial charge on any atom is -0.480 e. The zero-order valence-corrected chi connectivity index (χ0v) is 11.7. The van der Waals surface area contributed by atoms with Gasteiger partial charge in [0.15, 0.2) is 0 Å². The van der Waals surface area contributed by atoms with Crippen LogP contribution in [0.1, 0.15) is 5.69 Å². The van der Waals surface area contributed by atoms with Crippen LogP contribution in [-0.2, 0) is 16.1 Å². The molecule has 0 aliphatic carbocycles. The average molecular weight is 281 g/mol. The summed E-state index contributed by atoms with van der Waals surface area (Å²) in [5.74, 6) is -1.05. The fourth-order valence-corrected chi connectivity index (χ4v) is 1.65. The van der Waals surface area contributed by atoms with Crippen molar-refractivity contribution in [3.05, 3.63) is 30.1 Å². The maximum absolute atomic E-state index is 12.2. The molecule has 0 saturated carbocycles. The van der Waals surface area contributed by atoms with E-state index in [9.17, 15) is 9.59 Å². The van der Waals surface area contributed by atoms with Crippen LogP contribution in [-0.4, -0.2) is 65.7 Å². The van der Waals surface area contributed by atoms with Crippen molar-refractivity contribution in [1.29, 1.82) is 0 Å². The smallest absolute Gasteiger partial charge is 0.323 e. The van der Waals surface area contributed by atoms with Gasteiger partial charge >= 0.3 is 12.0 Å². The van der Waals surface area contributed by atoms with E-state index in [0.717, 1.165) is 5.69 Å². The number of hydrogen-bond acceptors (Lipinski definition) is 4. The van der Waals surface area contributed by atoms with Gasteiger partial charge in [0.25, 0.3) is 0 Å². The zero-order chi connectivity index (χ0) is 15.0. The van der Waals surface area contributed by atoms with Gasteiger partial charge < -0.3 is 19.6 Å². The fourth-order valence-electron chi connectivity index (χ4n) is 1.65. The summed E-state index contributed by atoms with van der Waals surface area (Å²) in [5.41, 5.74) is 0.741. The number of aliphatic carboxylic acids is 1. The molecule has 0 aromatic carbocycles. The van der Waals surface area contributed by atoms with Gasteiger partial charge in [-0.05, 0) is 12.1 Å². The molecule has 2 amide bonds. The Labute approximate surface area is 117 Å². The van der Waals surface area contributed by atoms with E-state index in [1.165, 1.54) is 16.9 Å². The summed E-state index contributed by atoms with van der Waals surface area (Å²) >= 11 is 0. The number of carbonyl (C=O) groups excluding carboxylic acids is 1. The quantitative estimate of drug-likeness (QED) is 0.794. The van der Waals surface area contributed by atoms with E-state index in [4.69, 9.17) is 9.84 Å². The van der Waals surface area contributed by atoms with Gasteiger partial charge in [0.05, 0.1) is 18.8 Å². The highest BCUT2D eigenvalue weighted by molar-refractivity contribution is 5.80. The largest absolute Gasteiger partial charge is 0.480 e. The van der Waals surface area contributed by atoms with Gasteiger partial charge in [0.2, 0.25) is 0 Å². The molecule has 0 fully saturated rings. The maximum atomic E-state index is 12.2. The summed E-state index contributed by atoms with van der Waals surface area (Å²) in [5, 5.41) is 8.84. The second kappa shape index (κ2) is 8.11. The first kappa shape index (κ1) is 15.9. The molecule has 20 heavy (non-hydrogen) atoms. The topological polar surface area (TPSA) is 83.0 Å². The summed E-state index contributed by atoms with van der Waals surface area (Å²) in [4.78, 5) is 29.8. The molecule has 0 unspecified atom stereocenters.